The summed E-state index contributed by atoms with van der Waals surface area (Å²) in [6.07, 6.45) is 3.19. The number of halogens is 1. The Balaban J connectivity index is 2.25. The van der Waals surface area contributed by atoms with Crippen LogP contribution in [-0.4, -0.2) is 17.6 Å². The average molecular weight is 265 g/mol. The van der Waals surface area contributed by atoms with Crippen molar-refractivity contribution in [2.45, 2.75) is 32.6 Å². The molecule has 1 saturated carbocycles. The standard InChI is InChI=1S/C15H20FNO2/c1-10-6-13(16)5-4-12(10)8-15(9-17,14(18)19)7-11-2-3-11/h4-6,11H,2-3,7-9,17H2,1H3,(H,18,19). The van der Waals surface area contributed by atoms with Gasteiger partial charge >= 0.3 is 5.97 Å². The largest absolute Gasteiger partial charge is 0.481 e. The number of aryl methyl sites for hydroxylation is 1. The number of hydrogen-bond donors (Lipinski definition) is 2. The van der Waals surface area contributed by atoms with Crippen LogP contribution in [0, 0.1) is 24.1 Å². The summed E-state index contributed by atoms with van der Waals surface area (Å²) in [6, 6.07) is 4.49. The van der Waals surface area contributed by atoms with Crippen molar-refractivity contribution < 1.29 is 14.3 Å². The summed E-state index contributed by atoms with van der Waals surface area (Å²) in [7, 11) is 0. The van der Waals surface area contributed by atoms with Crippen molar-refractivity contribution in [2.75, 3.05) is 6.54 Å². The molecule has 1 aromatic rings. The third-order valence-electron chi connectivity index (χ3n) is 4.05. The van der Waals surface area contributed by atoms with Crippen LogP contribution in [0.1, 0.15) is 30.4 Å². The highest BCUT2D eigenvalue weighted by atomic mass is 19.1. The van der Waals surface area contributed by atoms with Gasteiger partial charge in [0.25, 0.3) is 0 Å². The predicted octanol–water partition coefficient (Wildman–Crippen LogP) is 2.51. The number of nitrogens with two attached hydrogens (primary N) is 1. The van der Waals surface area contributed by atoms with Crippen molar-refractivity contribution in [3.8, 4) is 0 Å². The minimum absolute atomic E-state index is 0.121. The third kappa shape index (κ3) is 3.13. The smallest absolute Gasteiger partial charge is 0.311 e. The normalized spacial score (nSPS) is 18.1. The molecule has 19 heavy (non-hydrogen) atoms. The molecule has 0 saturated heterocycles. The molecule has 104 valence electrons. The lowest BCUT2D eigenvalue weighted by Crippen LogP contribution is -2.41. The van der Waals surface area contributed by atoms with Crippen LogP contribution in [0.4, 0.5) is 4.39 Å². The Labute approximate surface area is 112 Å². The Morgan fingerprint density at radius 1 is 1.53 bits per heavy atom. The first-order valence-electron chi connectivity index (χ1n) is 6.65. The van der Waals surface area contributed by atoms with Gasteiger partial charge < -0.3 is 10.8 Å². The molecule has 3 nitrogen and oxygen atoms in total. The maximum Gasteiger partial charge on any atom is 0.311 e. The first kappa shape index (κ1) is 14.0. The van der Waals surface area contributed by atoms with Crippen LogP contribution in [0.2, 0.25) is 0 Å². The van der Waals surface area contributed by atoms with E-state index >= 15 is 0 Å². The molecule has 3 N–H and O–H groups in total. The van der Waals surface area contributed by atoms with Crippen molar-refractivity contribution in [3.63, 3.8) is 0 Å². The van der Waals surface area contributed by atoms with Gasteiger partial charge in [-0.3, -0.25) is 4.79 Å². The summed E-state index contributed by atoms with van der Waals surface area (Å²) >= 11 is 0. The molecular formula is C15H20FNO2. The van der Waals surface area contributed by atoms with E-state index in [0.29, 0.717) is 18.8 Å². The zero-order valence-corrected chi connectivity index (χ0v) is 11.2. The first-order chi connectivity index (χ1) is 8.97. The second-order valence-electron chi connectivity index (χ2n) is 5.68. The summed E-state index contributed by atoms with van der Waals surface area (Å²) in [4.78, 5) is 11.6. The number of rotatable bonds is 6. The van der Waals surface area contributed by atoms with Gasteiger partial charge in [0.2, 0.25) is 0 Å². The Morgan fingerprint density at radius 2 is 2.21 bits per heavy atom. The fourth-order valence-electron chi connectivity index (χ4n) is 2.57. The quantitative estimate of drug-likeness (QED) is 0.830. The average Bonchev–Trinajstić information content (AvgIpc) is 3.15. The van der Waals surface area contributed by atoms with E-state index in [2.05, 4.69) is 0 Å². The number of benzene rings is 1. The predicted molar refractivity (Wildman–Crippen MR) is 71.3 cm³/mol. The maximum absolute atomic E-state index is 13.1. The molecule has 0 radical (unpaired) electrons. The van der Waals surface area contributed by atoms with Crippen LogP contribution < -0.4 is 5.73 Å². The van der Waals surface area contributed by atoms with E-state index in [1.54, 1.807) is 13.0 Å². The minimum atomic E-state index is -0.913. The second-order valence-corrected chi connectivity index (χ2v) is 5.68. The molecular weight excluding hydrogens is 245 g/mol. The van der Waals surface area contributed by atoms with Gasteiger partial charge in [0.15, 0.2) is 0 Å². The number of carboxylic acid groups (broad SMARTS) is 1. The summed E-state index contributed by atoms with van der Waals surface area (Å²) in [5, 5.41) is 9.55. The summed E-state index contributed by atoms with van der Waals surface area (Å²) in [5.41, 5.74) is 6.50. The number of carboxylic acids is 1. The van der Waals surface area contributed by atoms with Crippen LogP contribution in [0.15, 0.2) is 18.2 Å². The number of carbonyl (C=O) groups is 1. The maximum atomic E-state index is 13.1. The lowest BCUT2D eigenvalue weighted by atomic mass is 9.76. The van der Waals surface area contributed by atoms with Gasteiger partial charge in [0.05, 0.1) is 5.41 Å². The fraction of sp³-hybridized carbons (Fsp3) is 0.533. The van der Waals surface area contributed by atoms with E-state index in [-0.39, 0.29) is 12.4 Å². The molecule has 4 heteroatoms. The van der Waals surface area contributed by atoms with Gasteiger partial charge in [-0.05, 0) is 48.9 Å². The third-order valence-corrected chi connectivity index (χ3v) is 4.05. The van der Waals surface area contributed by atoms with E-state index in [4.69, 9.17) is 5.73 Å². The molecule has 1 aliphatic carbocycles. The van der Waals surface area contributed by atoms with E-state index in [1.165, 1.54) is 12.1 Å². The molecule has 2 rings (SSSR count). The van der Waals surface area contributed by atoms with Crippen LogP contribution in [0.3, 0.4) is 0 Å². The van der Waals surface area contributed by atoms with Gasteiger partial charge in [-0.1, -0.05) is 18.9 Å². The monoisotopic (exact) mass is 265 g/mol. The van der Waals surface area contributed by atoms with Crippen molar-refractivity contribution in [2.24, 2.45) is 17.1 Å². The van der Waals surface area contributed by atoms with Crippen molar-refractivity contribution in [1.82, 2.24) is 0 Å². The molecule has 1 atom stereocenters. The molecule has 0 heterocycles. The zero-order chi connectivity index (χ0) is 14.0. The highest BCUT2D eigenvalue weighted by Gasteiger charge is 2.42. The Bertz CT molecular complexity index is 485. The highest BCUT2D eigenvalue weighted by molar-refractivity contribution is 5.75. The molecule has 1 unspecified atom stereocenters. The van der Waals surface area contributed by atoms with E-state index < -0.39 is 11.4 Å². The molecule has 1 aromatic carbocycles. The zero-order valence-electron chi connectivity index (χ0n) is 11.2. The Kier molecular flexibility index (Phi) is 3.90. The van der Waals surface area contributed by atoms with Crippen LogP contribution in [0.25, 0.3) is 0 Å². The first-order valence-corrected chi connectivity index (χ1v) is 6.65. The SMILES string of the molecule is Cc1cc(F)ccc1CC(CN)(CC1CC1)C(=O)O. The fourth-order valence-corrected chi connectivity index (χ4v) is 2.57. The lowest BCUT2D eigenvalue weighted by Gasteiger charge is -2.28. The van der Waals surface area contributed by atoms with Gasteiger partial charge in [0, 0.05) is 6.54 Å². The van der Waals surface area contributed by atoms with E-state index in [1.807, 2.05) is 0 Å². The van der Waals surface area contributed by atoms with Gasteiger partial charge in [-0.25, -0.2) is 4.39 Å². The molecule has 0 amide bonds. The Hall–Kier alpha value is -1.42. The molecule has 0 spiro atoms. The molecule has 0 aromatic heterocycles. The summed E-state index contributed by atoms with van der Waals surface area (Å²) in [5.74, 6) is -0.650. The summed E-state index contributed by atoms with van der Waals surface area (Å²) < 4.78 is 13.1. The topological polar surface area (TPSA) is 63.3 Å². The van der Waals surface area contributed by atoms with E-state index in [9.17, 15) is 14.3 Å². The number of hydrogen-bond acceptors (Lipinski definition) is 2. The van der Waals surface area contributed by atoms with E-state index in [0.717, 1.165) is 24.0 Å². The van der Waals surface area contributed by atoms with Gasteiger partial charge in [0.1, 0.15) is 5.82 Å². The van der Waals surface area contributed by atoms with Crippen LogP contribution in [0.5, 0.6) is 0 Å². The molecule has 0 aliphatic heterocycles. The second kappa shape index (κ2) is 5.29. The molecule has 1 fully saturated rings. The number of aliphatic carboxylic acids is 1. The summed E-state index contributed by atoms with van der Waals surface area (Å²) in [6.45, 7) is 1.92. The van der Waals surface area contributed by atoms with Crippen molar-refractivity contribution >= 4 is 5.97 Å². The van der Waals surface area contributed by atoms with Crippen molar-refractivity contribution in [3.05, 3.63) is 35.1 Å². The van der Waals surface area contributed by atoms with Crippen LogP contribution >= 0.6 is 0 Å². The van der Waals surface area contributed by atoms with Crippen LogP contribution in [-0.2, 0) is 11.2 Å². The highest BCUT2D eigenvalue weighted by Crippen LogP contribution is 2.42. The lowest BCUT2D eigenvalue weighted by molar-refractivity contribution is -0.149. The molecule has 0 bridgehead atoms. The minimum Gasteiger partial charge on any atom is -0.481 e. The van der Waals surface area contributed by atoms with Gasteiger partial charge in [-0.15, -0.1) is 0 Å². The van der Waals surface area contributed by atoms with Crippen molar-refractivity contribution in [1.29, 1.82) is 0 Å². The molecule has 1 aliphatic rings. The van der Waals surface area contributed by atoms with Gasteiger partial charge in [-0.2, -0.15) is 0 Å². The Morgan fingerprint density at radius 3 is 2.68 bits per heavy atom.